The zero-order valence-electron chi connectivity index (χ0n) is 13.7. The predicted octanol–water partition coefficient (Wildman–Crippen LogP) is 4.83. The number of unbranched alkanes of at least 4 members (excludes halogenated alkanes) is 1. The number of aromatic nitrogens is 2. The van der Waals surface area contributed by atoms with Gasteiger partial charge in [-0.3, -0.25) is 4.68 Å². The summed E-state index contributed by atoms with van der Waals surface area (Å²) < 4.78 is 3.17. The molecule has 21 heavy (non-hydrogen) atoms. The van der Waals surface area contributed by atoms with E-state index in [-0.39, 0.29) is 0 Å². The fraction of sp³-hybridized carbons (Fsp3) is 0.824. The van der Waals surface area contributed by atoms with Crippen LogP contribution in [0.3, 0.4) is 0 Å². The van der Waals surface area contributed by atoms with Crippen LogP contribution in [0, 0.1) is 11.8 Å². The van der Waals surface area contributed by atoms with Crippen molar-refractivity contribution >= 4 is 15.9 Å². The van der Waals surface area contributed by atoms with Crippen molar-refractivity contribution in [2.45, 2.75) is 64.8 Å². The van der Waals surface area contributed by atoms with Crippen molar-refractivity contribution < 1.29 is 0 Å². The van der Waals surface area contributed by atoms with Crippen molar-refractivity contribution in [2.75, 3.05) is 6.54 Å². The number of nitrogens with zero attached hydrogens (tertiary/aromatic N) is 2. The van der Waals surface area contributed by atoms with Crippen LogP contribution in [0.25, 0.3) is 0 Å². The van der Waals surface area contributed by atoms with Gasteiger partial charge in [0.15, 0.2) is 0 Å². The number of hydrogen-bond donors (Lipinski definition) is 1. The molecule has 0 saturated heterocycles. The van der Waals surface area contributed by atoms with Crippen LogP contribution < -0.4 is 5.32 Å². The zero-order valence-corrected chi connectivity index (χ0v) is 15.3. The maximum atomic E-state index is 4.40. The lowest BCUT2D eigenvalue weighted by atomic mass is 9.76. The molecule has 0 aromatic carbocycles. The number of rotatable bonds is 7. The minimum Gasteiger partial charge on any atom is -0.309 e. The summed E-state index contributed by atoms with van der Waals surface area (Å²) in [7, 11) is 2.05. The van der Waals surface area contributed by atoms with E-state index in [1.165, 1.54) is 50.6 Å². The lowest BCUT2D eigenvalue weighted by Crippen LogP contribution is -2.32. The molecule has 1 aliphatic rings. The lowest BCUT2D eigenvalue weighted by Gasteiger charge is -2.34. The van der Waals surface area contributed by atoms with Crippen LogP contribution in [0.4, 0.5) is 0 Å². The molecule has 1 fully saturated rings. The molecule has 1 saturated carbocycles. The Bertz CT molecular complexity index is 402. The van der Waals surface area contributed by atoms with Gasteiger partial charge in [0, 0.05) is 7.05 Å². The van der Waals surface area contributed by atoms with E-state index in [0.717, 1.165) is 22.9 Å². The highest BCUT2D eigenvalue weighted by Gasteiger charge is 2.30. The molecular formula is C17H30BrN3. The van der Waals surface area contributed by atoms with E-state index >= 15 is 0 Å². The summed E-state index contributed by atoms with van der Waals surface area (Å²) in [6.07, 6.45) is 11.6. The average molecular weight is 356 g/mol. The first-order valence-corrected chi connectivity index (χ1v) is 9.37. The molecule has 120 valence electrons. The Hall–Kier alpha value is -0.350. The first-order chi connectivity index (χ1) is 10.2. The first kappa shape index (κ1) is 17.0. The fourth-order valence-corrected chi connectivity index (χ4v) is 4.37. The Labute approximate surface area is 138 Å². The molecule has 0 amide bonds. The Morgan fingerprint density at radius 3 is 2.57 bits per heavy atom. The van der Waals surface area contributed by atoms with Gasteiger partial charge in [0.1, 0.15) is 0 Å². The van der Waals surface area contributed by atoms with Gasteiger partial charge >= 0.3 is 0 Å². The third-order valence-electron chi connectivity index (χ3n) is 4.98. The molecule has 1 aliphatic carbocycles. The highest BCUT2D eigenvalue weighted by molar-refractivity contribution is 9.10. The summed E-state index contributed by atoms with van der Waals surface area (Å²) in [4.78, 5) is 0. The zero-order chi connectivity index (χ0) is 15.2. The predicted molar refractivity (Wildman–Crippen MR) is 92.3 cm³/mol. The molecule has 4 heteroatoms. The average Bonchev–Trinajstić information content (AvgIpc) is 2.83. The van der Waals surface area contributed by atoms with E-state index in [0.29, 0.717) is 6.04 Å². The van der Waals surface area contributed by atoms with E-state index in [2.05, 4.69) is 47.2 Å². The summed E-state index contributed by atoms with van der Waals surface area (Å²) in [6, 6.07) is 0.434. The number of nitrogens with one attached hydrogen (secondary N) is 1. The van der Waals surface area contributed by atoms with Crippen LogP contribution in [0.15, 0.2) is 10.7 Å². The Balaban J connectivity index is 2.01. The second-order valence-corrected chi connectivity index (χ2v) is 7.31. The monoisotopic (exact) mass is 355 g/mol. The van der Waals surface area contributed by atoms with Gasteiger partial charge in [-0.15, -0.1) is 0 Å². The smallest absolute Gasteiger partial charge is 0.0695 e. The Morgan fingerprint density at radius 2 is 2.05 bits per heavy atom. The largest absolute Gasteiger partial charge is 0.309 e. The highest BCUT2D eigenvalue weighted by Crippen LogP contribution is 2.40. The van der Waals surface area contributed by atoms with Crippen LogP contribution in [-0.2, 0) is 7.05 Å². The molecular weight excluding hydrogens is 326 g/mol. The van der Waals surface area contributed by atoms with E-state index in [1.54, 1.807) is 0 Å². The molecule has 3 nitrogen and oxygen atoms in total. The third-order valence-corrected chi connectivity index (χ3v) is 5.60. The number of halogens is 1. The Morgan fingerprint density at radius 1 is 1.33 bits per heavy atom. The van der Waals surface area contributed by atoms with E-state index in [1.807, 2.05) is 10.9 Å². The molecule has 0 bridgehead atoms. The standard InChI is InChI=1S/C17H30BrN3/c1-4-6-7-13-8-10-14(11-9-13)16(19-5-2)17-15(18)12-20-21(17)3/h12-14,16,19H,4-11H2,1-3H3. The summed E-state index contributed by atoms with van der Waals surface area (Å²) in [5.41, 5.74) is 1.31. The molecule has 0 aliphatic heterocycles. The van der Waals surface area contributed by atoms with E-state index in [9.17, 15) is 0 Å². The molecule has 2 rings (SSSR count). The molecule has 1 heterocycles. The summed E-state index contributed by atoms with van der Waals surface area (Å²) >= 11 is 3.68. The molecule has 1 atom stereocenters. The SMILES string of the molecule is CCCCC1CCC(C(NCC)c2c(Br)cnn2C)CC1. The minimum atomic E-state index is 0.434. The van der Waals surface area contributed by atoms with E-state index in [4.69, 9.17) is 0 Å². The van der Waals surface area contributed by atoms with Crippen LogP contribution in [0.5, 0.6) is 0 Å². The summed E-state index contributed by atoms with van der Waals surface area (Å²) in [5, 5.41) is 8.10. The molecule has 0 radical (unpaired) electrons. The van der Waals surface area contributed by atoms with Gasteiger partial charge in [0.2, 0.25) is 0 Å². The summed E-state index contributed by atoms with van der Waals surface area (Å²) in [6.45, 7) is 5.51. The van der Waals surface area contributed by atoms with Crippen LogP contribution >= 0.6 is 15.9 Å². The molecule has 1 aromatic heterocycles. The second kappa shape index (κ2) is 8.33. The van der Waals surface area contributed by atoms with Crippen molar-refractivity contribution in [3.8, 4) is 0 Å². The fourth-order valence-electron chi connectivity index (χ4n) is 3.78. The third kappa shape index (κ3) is 4.32. The van der Waals surface area contributed by atoms with Gasteiger partial charge < -0.3 is 5.32 Å². The van der Waals surface area contributed by atoms with Crippen molar-refractivity contribution in [3.05, 3.63) is 16.4 Å². The second-order valence-electron chi connectivity index (χ2n) is 6.46. The Kier molecular flexibility index (Phi) is 6.74. The van der Waals surface area contributed by atoms with Crippen molar-refractivity contribution in [1.82, 2.24) is 15.1 Å². The number of aryl methyl sites for hydroxylation is 1. The van der Waals surface area contributed by atoms with Crippen LogP contribution in [-0.4, -0.2) is 16.3 Å². The normalized spacial score (nSPS) is 24.2. The van der Waals surface area contributed by atoms with E-state index < -0.39 is 0 Å². The van der Waals surface area contributed by atoms with Crippen LogP contribution in [0.2, 0.25) is 0 Å². The number of hydrogen-bond acceptors (Lipinski definition) is 2. The van der Waals surface area contributed by atoms with Crippen LogP contribution in [0.1, 0.15) is 70.5 Å². The lowest BCUT2D eigenvalue weighted by molar-refractivity contribution is 0.209. The van der Waals surface area contributed by atoms with Gasteiger partial charge in [0.25, 0.3) is 0 Å². The first-order valence-electron chi connectivity index (χ1n) is 8.58. The van der Waals surface area contributed by atoms with Gasteiger partial charge in [-0.2, -0.15) is 5.10 Å². The van der Waals surface area contributed by atoms with Gasteiger partial charge in [-0.05, 0) is 47.2 Å². The molecule has 1 N–H and O–H groups in total. The van der Waals surface area contributed by atoms with Gasteiger partial charge in [-0.1, -0.05) is 46.0 Å². The quantitative estimate of drug-likeness (QED) is 0.758. The molecule has 0 spiro atoms. The maximum absolute atomic E-state index is 4.40. The van der Waals surface area contributed by atoms with Gasteiger partial charge in [-0.25, -0.2) is 0 Å². The van der Waals surface area contributed by atoms with Crippen molar-refractivity contribution in [1.29, 1.82) is 0 Å². The molecule has 1 unspecified atom stereocenters. The minimum absolute atomic E-state index is 0.434. The topological polar surface area (TPSA) is 29.9 Å². The highest BCUT2D eigenvalue weighted by atomic mass is 79.9. The molecule has 1 aromatic rings. The van der Waals surface area contributed by atoms with Crippen molar-refractivity contribution in [3.63, 3.8) is 0 Å². The van der Waals surface area contributed by atoms with Gasteiger partial charge in [0.05, 0.1) is 22.4 Å². The van der Waals surface area contributed by atoms with Crippen molar-refractivity contribution in [2.24, 2.45) is 18.9 Å². The maximum Gasteiger partial charge on any atom is 0.0695 e. The summed E-state index contributed by atoms with van der Waals surface area (Å²) in [5.74, 6) is 1.72.